The smallest absolute Gasteiger partial charge is 0.167 e. The molecule has 0 saturated carbocycles. The highest BCUT2D eigenvalue weighted by molar-refractivity contribution is 6.18. The number of rotatable bonds is 6. The monoisotopic (exact) mass is 717 g/mol. The Kier molecular flexibility index (Phi) is 7.42. The average Bonchev–Trinajstić information content (AvgIpc) is 3.86. The maximum absolute atomic E-state index is 6.78. The van der Waals surface area contributed by atoms with Gasteiger partial charge in [-0.25, -0.2) is 15.0 Å². The normalized spacial score (nSPS) is 11.6. The number of furan rings is 2. The van der Waals surface area contributed by atoms with Crippen molar-refractivity contribution < 1.29 is 8.83 Å². The minimum Gasteiger partial charge on any atom is -0.456 e. The van der Waals surface area contributed by atoms with Crippen molar-refractivity contribution in [2.45, 2.75) is 0 Å². The molecule has 0 N–H and O–H groups in total. The fourth-order valence-corrected chi connectivity index (χ4v) is 7.90. The number of hydrogen-bond acceptors (Lipinski definition) is 5. The Labute approximate surface area is 322 Å². The molecule has 3 aromatic heterocycles. The maximum atomic E-state index is 6.78. The highest BCUT2D eigenvalue weighted by Gasteiger charge is 2.21. The van der Waals surface area contributed by atoms with E-state index in [4.69, 9.17) is 23.8 Å². The van der Waals surface area contributed by atoms with Gasteiger partial charge in [0.2, 0.25) is 0 Å². The predicted molar refractivity (Wildman–Crippen MR) is 227 cm³/mol. The van der Waals surface area contributed by atoms with Gasteiger partial charge in [-0.2, -0.15) is 0 Å². The average molecular weight is 718 g/mol. The molecule has 3 heterocycles. The van der Waals surface area contributed by atoms with Crippen LogP contribution in [0.3, 0.4) is 0 Å². The Balaban J connectivity index is 1.10. The zero-order valence-electron chi connectivity index (χ0n) is 30.1. The summed E-state index contributed by atoms with van der Waals surface area (Å²) < 4.78 is 13.3. The molecule has 0 aliphatic carbocycles. The van der Waals surface area contributed by atoms with Crippen molar-refractivity contribution in [3.05, 3.63) is 188 Å². The number of aromatic nitrogens is 3. The van der Waals surface area contributed by atoms with Crippen LogP contribution in [0.4, 0.5) is 0 Å². The third-order valence-corrected chi connectivity index (χ3v) is 10.6. The molecule has 0 atom stereocenters. The molecule has 0 spiro atoms. The molecule has 11 aromatic rings. The van der Waals surface area contributed by atoms with Crippen LogP contribution in [0.5, 0.6) is 0 Å². The molecular weight excluding hydrogens is 687 g/mol. The van der Waals surface area contributed by atoms with Gasteiger partial charge in [-0.05, 0) is 63.7 Å². The van der Waals surface area contributed by atoms with E-state index in [1.54, 1.807) is 0 Å². The van der Waals surface area contributed by atoms with Gasteiger partial charge in [0.25, 0.3) is 0 Å². The van der Waals surface area contributed by atoms with Crippen molar-refractivity contribution in [2.75, 3.05) is 0 Å². The molecule has 0 unspecified atom stereocenters. The number of fused-ring (bicyclic) bond motifs is 6. The van der Waals surface area contributed by atoms with Gasteiger partial charge in [-0.15, -0.1) is 0 Å². The van der Waals surface area contributed by atoms with Crippen LogP contribution < -0.4 is 0 Å². The van der Waals surface area contributed by atoms with Gasteiger partial charge in [0, 0.05) is 32.7 Å². The van der Waals surface area contributed by atoms with Gasteiger partial charge in [0.15, 0.2) is 17.5 Å². The summed E-state index contributed by atoms with van der Waals surface area (Å²) >= 11 is 0. The second kappa shape index (κ2) is 13.0. The van der Waals surface area contributed by atoms with Gasteiger partial charge >= 0.3 is 0 Å². The van der Waals surface area contributed by atoms with Crippen LogP contribution in [0.15, 0.2) is 197 Å². The van der Waals surface area contributed by atoms with E-state index in [0.29, 0.717) is 17.5 Å². The first-order valence-corrected chi connectivity index (χ1v) is 18.7. The van der Waals surface area contributed by atoms with Crippen molar-refractivity contribution in [3.8, 4) is 67.5 Å². The van der Waals surface area contributed by atoms with Crippen LogP contribution in [0.25, 0.3) is 111 Å². The summed E-state index contributed by atoms with van der Waals surface area (Å²) in [4.78, 5) is 15.2. The first-order valence-electron chi connectivity index (χ1n) is 18.7. The summed E-state index contributed by atoms with van der Waals surface area (Å²) in [5.74, 6) is 1.73. The zero-order chi connectivity index (χ0) is 37.0. The number of nitrogens with zero attached hydrogens (tertiary/aromatic N) is 3. The van der Waals surface area contributed by atoms with E-state index < -0.39 is 0 Å². The lowest BCUT2D eigenvalue weighted by Crippen LogP contribution is -2.00. The summed E-state index contributed by atoms with van der Waals surface area (Å²) in [7, 11) is 0. The summed E-state index contributed by atoms with van der Waals surface area (Å²) in [6, 6.07) is 64.5. The SMILES string of the molecule is c1ccc(-c2ccc(-c3nc(-c4ccccc4)nc(-c4cccc5c4oc4cccc(-c6cc(-c7ccccc7)c7c(c6)oc6ccccc67)c45)n3)cc2)cc1. The largest absolute Gasteiger partial charge is 0.456 e. The van der Waals surface area contributed by atoms with Crippen molar-refractivity contribution in [3.63, 3.8) is 0 Å². The fraction of sp³-hybridized carbons (Fsp3) is 0. The molecule has 0 bridgehead atoms. The van der Waals surface area contributed by atoms with E-state index >= 15 is 0 Å². The molecular formula is C51H31N3O2. The van der Waals surface area contributed by atoms with Gasteiger partial charge in [0.05, 0.1) is 5.56 Å². The van der Waals surface area contributed by atoms with E-state index in [1.165, 1.54) is 0 Å². The van der Waals surface area contributed by atoms with Gasteiger partial charge in [0.1, 0.15) is 22.3 Å². The fourth-order valence-electron chi connectivity index (χ4n) is 7.90. The number of benzene rings is 8. The molecule has 56 heavy (non-hydrogen) atoms. The van der Waals surface area contributed by atoms with E-state index in [0.717, 1.165) is 93.9 Å². The maximum Gasteiger partial charge on any atom is 0.167 e. The molecule has 5 heteroatoms. The Bertz CT molecular complexity index is 3220. The Hall–Kier alpha value is -7.63. The Morgan fingerprint density at radius 2 is 0.804 bits per heavy atom. The lowest BCUT2D eigenvalue weighted by atomic mass is 9.92. The van der Waals surface area contributed by atoms with E-state index in [1.807, 2.05) is 66.7 Å². The van der Waals surface area contributed by atoms with Crippen LogP contribution in [0, 0.1) is 0 Å². The zero-order valence-corrected chi connectivity index (χ0v) is 30.1. The second-order valence-electron chi connectivity index (χ2n) is 13.9. The van der Waals surface area contributed by atoms with Gasteiger partial charge in [-0.3, -0.25) is 0 Å². The van der Waals surface area contributed by atoms with Gasteiger partial charge in [-0.1, -0.05) is 158 Å². The molecule has 11 rings (SSSR count). The Morgan fingerprint density at radius 1 is 0.286 bits per heavy atom. The standard InChI is InChI=1S/C51H31N3O2/c1-4-14-32(15-5-1)33-26-28-36(29-27-33)50-52-49(35-18-8-3-9-19-35)53-51(54-50)41-23-12-22-40-46-38(21-13-25-44(46)56-48(40)41)37-30-42(34-16-6-2-7-17-34)47-39-20-10-11-24-43(39)55-45(47)31-37/h1-31H. The van der Waals surface area contributed by atoms with Crippen molar-refractivity contribution in [1.82, 2.24) is 15.0 Å². The molecule has 0 aliphatic rings. The first-order chi connectivity index (χ1) is 27.7. The highest BCUT2D eigenvalue weighted by atomic mass is 16.3. The molecule has 262 valence electrons. The molecule has 0 aliphatic heterocycles. The Morgan fingerprint density at radius 3 is 1.55 bits per heavy atom. The molecule has 8 aromatic carbocycles. The predicted octanol–water partition coefficient (Wildman–Crippen LogP) is 13.7. The molecule has 0 amide bonds. The molecule has 0 fully saturated rings. The van der Waals surface area contributed by atoms with Crippen molar-refractivity contribution in [1.29, 1.82) is 0 Å². The third kappa shape index (κ3) is 5.37. The second-order valence-corrected chi connectivity index (χ2v) is 13.9. The topological polar surface area (TPSA) is 65.0 Å². The van der Waals surface area contributed by atoms with E-state index in [9.17, 15) is 0 Å². The quantitative estimate of drug-likeness (QED) is 0.171. The van der Waals surface area contributed by atoms with Crippen molar-refractivity contribution >= 4 is 43.9 Å². The lowest BCUT2D eigenvalue weighted by molar-refractivity contribution is 0.668. The third-order valence-electron chi connectivity index (χ3n) is 10.6. The van der Waals surface area contributed by atoms with Crippen LogP contribution in [-0.2, 0) is 0 Å². The minimum absolute atomic E-state index is 0.544. The highest BCUT2D eigenvalue weighted by Crippen LogP contribution is 2.44. The summed E-state index contributed by atoms with van der Waals surface area (Å²) in [5.41, 5.74) is 12.5. The first kappa shape index (κ1) is 31.9. The number of para-hydroxylation sites is 2. The summed E-state index contributed by atoms with van der Waals surface area (Å²) in [6.45, 7) is 0. The van der Waals surface area contributed by atoms with Crippen LogP contribution in [0.1, 0.15) is 0 Å². The summed E-state index contributed by atoms with van der Waals surface area (Å²) in [6.07, 6.45) is 0. The van der Waals surface area contributed by atoms with Gasteiger partial charge < -0.3 is 8.83 Å². The van der Waals surface area contributed by atoms with Crippen LogP contribution >= 0.6 is 0 Å². The van der Waals surface area contributed by atoms with E-state index in [2.05, 4.69) is 121 Å². The van der Waals surface area contributed by atoms with Crippen LogP contribution in [-0.4, -0.2) is 15.0 Å². The minimum atomic E-state index is 0.544. The van der Waals surface area contributed by atoms with Crippen LogP contribution in [0.2, 0.25) is 0 Å². The lowest BCUT2D eigenvalue weighted by Gasteiger charge is -2.10. The van der Waals surface area contributed by atoms with E-state index in [-0.39, 0.29) is 0 Å². The number of hydrogen-bond donors (Lipinski definition) is 0. The molecule has 5 nitrogen and oxygen atoms in total. The molecule has 0 saturated heterocycles. The summed E-state index contributed by atoms with van der Waals surface area (Å²) in [5, 5.41) is 4.21. The van der Waals surface area contributed by atoms with Crippen molar-refractivity contribution in [2.24, 2.45) is 0 Å². The molecule has 0 radical (unpaired) electrons.